The average molecular weight is 484 g/mol. The van der Waals surface area contributed by atoms with E-state index in [-0.39, 0.29) is 62.8 Å². The normalized spacial score (nSPS) is 11.4. The molecule has 4 rings (SSSR count). The summed E-state index contributed by atoms with van der Waals surface area (Å²) in [4.78, 5) is 10.2. The van der Waals surface area contributed by atoms with Gasteiger partial charge in [0.1, 0.15) is 11.6 Å². The number of aromatic carboxylic acids is 1. The number of allylic oxidation sites excluding steroid dienone is 2. The van der Waals surface area contributed by atoms with Crippen LogP contribution < -0.4 is 56.1 Å². The van der Waals surface area contributed by atoms with Crippen LogP contribution in [0.5, 0.6) is 5.75 Å². The third-order valence-corrected chi connectivity index (χ3v) is 4.94. The number of carboxylic acid groups (broad SMARTS) is 1. The minimum Gasteiger partial charge on any atom is -0.521 e. The molecule has 5 heteroatoms. The van der Waals surface area contributed by atoms with E-state index in [1.165, 1.54) is 23.8 Å². The van der Waals surface area contributed by atoms with Crippen LogP contribution in [-0.2, 0) is 0 Å². The van der Waals surface area contributed by atoms with Gasteiger partial charge in [-0.1, -0.05) is 45.9 Å². The number of carbonyl (C=O) groups is 1. The summed E-state index contributed by atoms with van der Waals surface area (Å²) in [5.74, 6) is 0.373. The molecule has 0 saturated carbocycles. The maximum Gasteiger partial charge on any atom is 1.00 e. The third kappa shape index (κ3) is 7.42. The molecule has 3 nitrogen and oxygen atoms in total. The van der Waals surface area contributed by atoms with Gasteiger partial charge >= 0.3 is 51.4 Å². The SMILES string of the molecule is C=C1C(C)=C(c2ccc(F)cc2)Oc2c([CH-]C)cc(C)cc21.CC.O=C(O)c1[c-]cccc1.[K+]. The van der Waals surface area contributed by atoms with Crippen molar-refractivity contribution >= 4 is 17.3 Å². The van der Waals surface area contributed by atoms with Crippen LogP contribution in [0.15, 0.2) is 72.8 Å². The molecule has 0 aromatic heterocycles. The van der Waals surface area contributed by atoms with Gasteiger partial charge in [0.2, 0.25) is 5.97 Å². The second-order valence-corrected chi connectivity index (χ2v) is 7.14. The summed E-state index contributed by atoms with van der Waals surface area (Å²) < 4.78 is 19.3. The Kier molecular flexibility index (Phi) is 12.6. The number of ether oxygens (including phenoxy) is 1. The summed E-state index contributed by atoms with van der Waals surface area (Å²) in [6, 6.07) is 19.6. The molecular formula is C29H29FKO3-. The quantitative estimate of drug-likeness (QED) is 0.432. The van der Waals surface area contributed by atoms with Crippen molar-refractivity contribution in [3.8, 4) is 5.75 Å². The molecule has 0 bridgehead atoms. The molecule has 1 aliphatic rings. The van der Waals surface area contributed by atoms with Gasteiger partial charge in [0.15, 0.2) is 0 Å². The van der Waals surface area contributed by atoms with Crippen molar-refractivity contribution < 1.29 is 70.4 Å². The van der Waals surface area contributed by atoms with Crippen LogP contribution in [0.25, 0.3) is 11.3 Å². The second kappa shape index (κ2) is 14.3. The summed E-state index contributed by atoms with van der Waals surface area (Å²) >= 11 is 0. The molecule has 3 aromatic rings. The number of halogens is 1. The predicted octanol–water partition coefficient (Wildman–Crippen LogP) is 4.76. The first-order valence-electron chi connectivity index (χ1n) is 10.8. The fraction of sp³-hybridized carbons (Fsp3) is 0.172. The Balaban J connectivity index is 0.000000407. The number of carboxylic acids is 1. The van der Waals surface area contributed by atoms with Gasteiger partial charge < -0.3 is 14.6 Å². The molecule has 34 heavy (non-hydrogen) atoms. The molecule has 0 radical (unpaired) electrons. The van der Waals surface area contributed by atoms with E-state index in [0.29, 0.717) is 0 Å². The van der Waals surface area contributed by atoms with Gasteiger partial charge in [-0.25, -0.2) is 4.39 Å². The van der Waals surface area contributed by atoms with Crippen LogP contribution >= 0.6 is 0 Å². The predicted molar refractivity (Wildman–Crippen MR) is 132 cm³/mol. The van der Waals surface area contributed by atoms with E-state index in [1.54, 1.807) is 30.3 Å². The minimum absolute atomic E-state index is 0. The first kappa shape index (κ1) is 29.9. The maximum absolute atomic E-state index is 13.2. The van der Waals surface area contributed by atoms with Gasteiger partial charge in [-0.15, -0.1) is 41.5 Å². The van der Waals surface area contributed by atoms with E-state index in [9.17, 15) is 9.18 Å². The summed E-state index contributed by atoms with van der Waals surface area (Å²) in [6.45, 7) is 14.3. The van der Waals surface area contributed by atoms with E-state index in [1.807, 2.05) is 34.1 Å². The van der Waals surface area contributed by atoms with Gasteiger partial charge in [0.25, 0.3) is 0 Å². The van der Waals surface area contributed by atoms with E-state index < -0.39 is 5.97 Å². The molecule has 3 aromatic carbocycles. The number of fused-ring (bicyclic) bond motifs is 1. The molecule has 0 saturated heterocycles. The van der Waals surface area contributed by atoms with Crippen LogP contribution in [0, 0.1) is 25.2 Å². The van der Waals surface area contributed by atoms with Crippen molar-refractivity contribution in [1.29, 1.82) is 0 Å². The van der Waals surface area contributed by atoms with Crippen LogP contribution in [0.1, 0.15) is 60.3 Å². The Bertz CT molecular complexity index is 1150. The molecule has 1 heterocycles. The zero-order valence-electron chi connectivity index (χ0n) is 20.7. The van der Waals surface area contributed by atoms with Gasteiger partial charge in [-0.2, -0.15) is 12.5 Å². The fourth-order valence-electron chi connectivity index (χ4n) is 3.27. The smallest absolute Gasteiger partial charge is 0.521 e. The summed E-state index contributed by atoms with van der Waals surface area (Å²) in [6.07, 6.45) is 2.03. The van der Waals surface area contributed by atoms with Crippen molar-refractivity contribution in [2.75, 3.05) is 0 Å². The van der Waals surface area contributed by atoms with Crippen molar-refractivity contribution in [3.05, 3.63) is 119 Å². The zero-order chi connectivity index (χ0) is 24.5. The van der Waals surface area contributed by atoms with Gasteiger partial charge in [0.05, 0.1) is 0 Å². The van der Waals surface area contributed by atoms with Gasteiger partial charge in [-0.3, -0.25) is 0 Å². The molecule has 0 fully saturated rings. The van der Waals surface area contributed by atoms with Crippen LogP contribution in [0.2, 0.25) is 0 Å². The molecule has 172 valence electrons. The zero-order valence-corrected chi connectivity index (χ0v) is 23.8. The maximum atomic E-state index is 13.2. The number of hydrogen-bond acceptors (Lipinski definition) is 2. The molecule has 0 spiro atoms. The molecular weight excluding hydrogens is 454 g/mol. The van der Waals surface area contributed by atoms with E-state index >= 15 is 0 Å². The van der Waals surface area contributed by atoms with Crippen molar-refractivity contribution in [3.63, 3.8) is 0 Å². The van der Waals surface area contributed by atoms with Crippen molar-refractivity contribution in [2.45, 2.75) is 34.6 Å². The molecule has 0 atom stereocenters. The third-order valence-electron chi connectivity index (χ3n) is 4.94. The Hall–Kier alpha value is -2.15. The Morgan fingerprint density at radius 1 is 1.09 bits per heavy atom. The van der Waals surface area contributed by atoms with Crippen LogP contribution in [0.3, 0.4) is 0 Å². The Labute approximate surface area is 244 Å². The second-order valence-electron chi connectivity index (χ2n) is 7.14. The number of benzene rings is 3. The molecule has 0 aliphatic carbocycles. The molecule has 0 unspecified atom stereocenters. The number of hydrogen-bond donors (Lipinski definition) is 1. The monoisotopic (exact) mass is 483 g/mol. The largest absolute Gasteiger partial charge is 1.00 e. The number of rotatable bonds is 3. The first-order valence-corrected chi connectivity index (χ1v) is 10.8. The first-order chi connectivity index (χ1) is 15.8. The molecule has 1 N–H and O–H groups in total. The van der Waals surface area contributed by atoms with Crippen LogP contribution in [0.4, 0.5) is 4.39 Å². The van der Waals surface area contributed by atoms with Gasteiger partial charge in [0, 0.05) is 11.3 Å². The topological polar surface area (TPSA) is 46.5 Å². The summed E-state index contributed by atoms with van der Waals surface area (Å²) in [5, 5.41) is 8.35. The summed E-state index contributed by atoms with van der Waals surface area (Å²) in [7, 11) is 0. The van der Waals surface area contributed by atoms with Crippen molar-refractivity contribution in [2.24, 2.45) is 0 Å². The Morgan fingerprint density at radius 2 is 1.74 bits per heavy atom. The average Bonchev–Trinajstić information content (AvgIpc) is 2.84. The molecule has 1 aliphatic heterocycles. The standard InChI is InChI=1S/C20H18FO.C7H5O2.C2H6.K/c1-5-15-10-12(2)11-18-13(3)14(4)19(22-20(15)18)16-6-8-17(21)9-7-16;8-7(9)6-4-2-1-3-5-6;1-2;/h5-11H,3H2,1-2,4H3;1-4H,(H,8,9);1-2H3;/q2*-1;;+1. The van der Waals surface area contributed by atoms with E-state index in [2.05, 4.69) is 31.7 Å². The van der Waals surface area contributed by atoms with E-state index in [4.69, 9.17) is 9.84 Å². The van der Waals surface area contributed by atoms with Crippen LogP contribution in [-0.4, -0.2) is 11.1 Å². The van der Waals surface area contributed by atoms with Crippen molar-refractivity contribution in [1.82, 2.24) is 0 Å². The Morgan fingerprint density at radius 3 is 2.24 bits per heavy atom. The van der Waals surface area contributed by atoms with Gasteiger partial charge in [-0.05, 0) is 47.9 Å². The number of aryl methyl sites for hydroxylation is 1. The molecule has 0 amide bonds. The van der Waals surface area contributed by atoms with E-state index in [0.717, 1.165) is 39.3 Å². The summed E-state index contributed by atoms with van der Waals surface area (Å²) in [5.41, 5.74) is 6.24. The minimum atomic E-state index is -0.935. The fourth-order valence-corrected chi connectivity index (χ4v) is 3.27.